The number of halogens is 1. The van der Waals surface area contributed by atoms with Crippen LogP contribution in [0.2, 0.25) is 5.02 Å². The van der Waals surface area contributed by atoms with Crippen LogP contribution in [0.1, 0.15) is 15.9 Å². The third-order valence-corrected chi connectivity index (χ3v) is 6.36. The molecule has 1 amide bonds. The minimum atomic E-state index is -3.62. The van der Waals surface area contributed by atoms with Crippen LogP contribution in [-0.2, 0) is 16.4 Å². The number of imidazole rings is 1. The van der Waals surface area contributed by atoms with E-state index in [1.165, 1.54) is 42.6 Å². The highest BCUT2D eigenvalue weighted by Gasteiger charge is 2.17. The first-order valence-electron chi connectivity index (χ1n) is 8.60. The van der Waals surface area contributed by atoms with E-state index >= 15 is 0 Å². The molecule has 0 saturated carbocycles. The summed E-state index contributed by atoms with van der Waals surface area (Å²) in [4.78, 5) is 20.8. The van der Waals surface area contributed by atoms with Crippen LogP contribution < -0.4 is 5.32 Å². The second-order valence-electron chi connectivity index (χ2n) is 6.26. The predicted molar refractivity (Wildman–Crippen MR) is 108 cm³/mol. The molecular weight excluding hydrogens is 412 g/mol. The fourth-order valence-electron chi connectivity index (χ4n) is 2.75. The van der Waals surface area contributed by atoms with Gasteiger partial charge in [0.05, 0.1) is 15.4 Å². The molecule has 4 aromatic rings. The number of amides is 1. The minimum absolute atomic E-state index is 0.171. The van der Waals surface area contributed by atoms with E-state index in [9.17, 15) is 13.2 Å². The number of fused-ring (bicyclic) bond motifs is 1. The first-order valence-corrected chi connectivity index (χ1v) is 10.5. The van der Waals surface area contributed by atoms with Gasteiger partial charge in [-0.2, -0.15) is 0 Å². The lowest BCUT2D eigenvalue weighted by atomic mass is 10.2. The molecule has 9 heteroatoms. The van der Waals surface area contributed by atoms with Crippen molar-refractivity contribution in [2.24, 2.45) is 0 Å². The molecule has 0 aliphatic carbocycles. The lowest BCUT2D eigenvalue weighted by molar-refractivity contribution is 0.0950. The normalized spacial score (nSPS) is 11.5. The molecule has 0 spiro atoms. The maximum atomic E-state index is 12.7. The predicted octanol–water partition coefficient (Wildman–Crippen LogP) is 3.15. The van der Waals surface area contributed by atoms with Gasteiger partial charge < -0.3 is 5.32 Å². The number of aromatic nitrogens is 3. The lowest BCUT2D eigenvalue weighted by Crippen LogP contribution is -2.23. The number of carbonyl (C=O) groups excluding carboxylic acids is 1. The van der Waals surface area contributed by atoms with Crippen LogP contribution in [0.25, 0.3) is 5.78 Å². The summed E-state index contributed by atoms with van der Waals surface area (Å²) in [7, 11) is -3.62. The van der Waals surface area contributed by atoms with Crippen molar-refractivity contribution in [3.63, 3.8) is 0 Å². The molecule has 4 rings (SSSR count). The topological polar surface area (TPSA) is 93.4 Å². The van der Waals surface area contributed by atoms with E-state index in [2.05, 4.69) is 15.3 Å². The molecule has 0 aliphatic rings. The molecule has 0 fully saturated rings. The summed E-state index contributed by atoms with van der Waals surface area (Å²) in [5.41, 5.74) is 1.17. The average molecular weight is 427 g/mol. The number of benzene rings is 2. The smallest absolute Gasteiger partial charge is 0.254 e. The van der Waals surface area contributed by atoms with Crippen LogP contribution in [0.4, 0.5) is 0 Å². The van der Waals surface area contributed by atoms with Crippen molar-refractivity contribution in [3.8, 4) is 0 Å². The largest absolute Gasteiger partial charge is 0.348 e. The van der Waals surface area contributed by atoms with Gasteiger partial charge in [0.1, 0.15) is 0 Å². The zero-order valence-electron chi connectivity index (χ0n) is 15.0. The zero-order chi connectivity index (χ0) is 20.4. The van der Waals surface area contributed by atoms with Crippen LogP contribution in [0.15, 0.2) is 83.1 Å². The minimum Gasteiger partial charge on any atom is -0.348 e. The molecule has 0 bridgehead atoms. The average Bonchev–Trinajstić information content (AvgIpc) is 3.20. The third-order valence-electron chi connectivity index (χ3n) is 4.32. The summed E-state index contributed by atoms with van der Waals surface area (Å²) >= 11 is 5.82. The van der Waals surface area contributed by atoms with Gasteiger partial charge in [0, 0.05) is 36.4 Å². The lowest BCUT2D eigenvalue weighted by Gasteiger charge is -2.08. The maximum absolute atomic E-state index is 12.7. The number of nitrogens with zero attached hydrogens (tertiary/aromatic N) is 3. The van der Waals surface area contributed by atoms with E-state index in [0.29, 0.717) is 16.4 Å². The Balaban J connectivity index is 1.45. The first kappa shape index (κ1) is 19.1. The van der Waals surface area contributed by atoms with Gasteiger partial charge in [-0.05, 0) is 42.0 Å². The van der Waals surface area contributed by atoms with Crippen molar-refractivity contribution in [2.45, 2.75) is 16.3 Å². The van der Waals surface area contributed by atoms with Gasteiger partial charge >= 0.3 is 0 Å². The Morgan fingerprint density at radius 3 is 2.34 bits per heavy atom. The molecule has 2 aromatic carbocycles. The molecule has 1 N–H and O–H groups in total. The molecule has 146 valence electrons. The molecule has 0 radical (unpaired) electrons. The molecule has 7 nitrogen and oxygen atoms in total. The van der Waals surface area contributed by atoms with Crippen molar-refractivity contribution >= 4 is 33.1 Å². The Kier molecular flexibility index (Phi) is 5.04. The highest BCUT2D eigenvalue weighted by atomic mass is 35.5. The van der Waals surface area contributed by atoms with Crippen LogP contribution in [0.5, 0.6) is 0 Å². The molecule has 2 aromatic heterocycles. The molecule has 0 saturated heterocycles. The summed E-state index contributed by atoms with van der Waals surface area (Å²) in [6.45, 7) is 0.252. The van der Waals surface area contributed by atoms with Crippen molar-refractivity contribution in [3.05, 3.63) is 89.5 Å². The molecule has 29 heavy (non-hydrogen) atoms. The van der Waals surface area contributed by atoms with E-state index in [1.807, 2.05) is 0 Å². The fourth-order valence-corrected chi connectivity index (χ4v) is 4.14. The van der Waals surface area contributed by atoms with Crippen molar-refractivity contribution < 1.29 is 13.2 Å². The van der Waals surface area contributed by atoms with Crippen molar-refractivity contribution in [2.75, 3.05) is 0 Å². The maximum Gasteiger partial charge on any atom is 0.254 e. The van der Waals surface area contributed by atoms with E-state index in [4.69, 9.17) is 11.6 Å². The van der Waals surface area contributed by atoms with Gasteiger partial charge in [-0.1, -0.05) is 23.7 Å². The first-order chi connectivity index (χ1) is 13.9. The highest BCUT2D eigenvalue weighted by Crippen LogP contribution is 2.22. The van der Waals surface area contributed by atoms with Crippen LogP contribution in [0, 0.1) is 0 Å². The van der Waals surface area contributed by atoms with Crippen molar-refractivity contribution in [1.82, 2.24) is 19.7 Å². The summed E-state index contributed by atoms with van der Waals surface area (Å²) in [5.74, 6) is 0.227. The summed E-state index contributed by atoms with van der Waals surface area (Å²) in [5, 5.41) is 3.26. The molecule has 0 unspecified atom stereocenters. The van der Waals surface area contributed by atoms with E-state index in [1.54, 1.807) is 35.1 Å². The SMILES string of the molecule is O=C(NCc1ccc(S(=O)(=O)c2ccc(Cl)cc2)cc1)c1cnc2nccn2c1. The van der Waals surface area contributed by atoms with Crippen molar-refractivity contribution in [1.29, 1.82) is 0 Å². The second-order valence-corrected chi connectivity index (χ2v) is 8.65. The molecule has 2 heterocycles. The Hall–Kier alpha value is -3.23. The van der Waals surface area contributed by atoms with Gasteiger partial charge in [-0.3, -0.25) is 9.20 Å². The van der Waals surface area contributed by atoms with Gasteiger partial charge in [0.15, 0.2) is 0 Å². The van der Waals surface area contributed by atoms with Gasteiger partial charge in [0.2, 0.25) is 15.6 Å². The number of hydrogen-bond acceptors (Lipinski definition) is 5. The number of carbonyl (C=O) groups is 1. The number of rotatable bonds is 5. The molecule has 0 atom stereocenters. The van der Waals surface area contributed by atoms with Crippen LogP contribution >= 0.6 is 11.6 Å². The van der Waals surface area contributed by atoms with Gasteiger partial charge in [0.25, 0.3) is 5.91 Å². The summed E-state index contributed by atoms with van der Waals surface area (Å²) in [6, 6.07) is 12.4. The Bertz CT molecular complexity index is 1280. The Morgan fingerprint density at radius 1 is 1.00 bits per heavy atom. The molecular formula is C20H15ClN4O3S. The third kappa shape index (κ3) is 3.98. The zero-order valence-corrected chi connectivity index (χ0v) is 16.6. The standard InChI is InChI=1S/C20H15ClN4O3S/c21-16-3-7-18(8-4-16)29(27,28)17-5-1-14(2-6-17)11-23-19(26)15-12-24-20-22-9-10-25(20)13-15/h1-10,12-13H,11H2,(H,23,26). The quantitative estimate of drug-likeness (QED) is 0.529. The summed E-state index contributed by atoms with van der Waals surface area (Å²) < 4.78 is 27.0. The van der Waals surface area contributed by atoms with E-state index in [0.717, 1.165) is 5.56 Å². The van der Waals surface area contributed by atoms with Crippen LogP contribution in [0.3, 0.4) is 0 Å². The van der Waals surface area contributed by atoms with E-state index in [-0.39, 0.29) is 22.2 Å². The molecule has 0 aliphatic heterocycles. The van der Waals surface area contributed by atoms with Gasteiger partial charge in [-0.25, -0.2) is 18.4 Å². The Morgan fingerprint density at radius 2 is 1.66 bits per heavy atom. The fraction of sp³-hybridized carbons (Fsp3) is 0.0500. The second kappa shape index (κ2) is 7.65. The number of hydrogen-bond donors (Lipinski definition) is 1. The van der Waals surface area contributed by atoms with Crippen LogP contribution in [-0.4, -0.2) is 28.7 Å². The monoisotopic (exact) mass is 426 g/mol. The number of sulfone groups is 1. The Labute approximate surface area is 171 Å². The highest BCUT2D eigenvalue weighted by molar-refractivity contribution is 7.91. The number of nitrogens with one attached hydrogen (secondary N) is 1. The van der Waals surface area contributed by atoms with E-state index < -0.39 is 9.84 Å². The van der Waals surface area contributed by atoms with Gasteiger partial charge in [-0.15, -0.1) is 0 Å². The summed E-state index contributed by atoms with van der Waals surface area (Å²) in [6.07, 6.45) is 6.41.